The van der Waals surface area contributed by atoms with Crippen LogP contribution < -0.4 is 5.73 Å². The highest BCUT2D eigenvalue weighted by molar-refractivity contribution is 7.99. The van der Waals surface area contributed by atoms with Crippen LogP contribution in [0.25, 0.3) is 0 Å². The molecule has 62 valence electrons. The second-order valence-corrected chi connectivity index (χ2v) is 3.84. The first-order valence-corrected chi connectivity index (χ1v) is 4.79. The van der Waals surface area contributed by atoms with E-state index < -0.39 is 0 Å². The van der Waals surface area contributed by atoms with Gasteiger partial charge in [-0.3, -0.25) is 4.79 Å². The third-order valence-electron chi connectivity index (χ3n) is 1.91. The summed E-state index contributed by atoms with van der Waals surface area (Å²) in [4.78, 5) is 12.5. The van der Waals surface area contributed by atoms with Gasteiger partial charge in [0.05, 0.1) is 6.04 Å². The van der Waals surface area contributed by atoms with Crippen molar-refractivity contribution in [3.05, 3.63) is 29.8 Å². The van der Waals surface area contributed by atoms with Crippen LogP contribution in [0.15, 0.2) is 29.2 Å². The van der Waals surface area contributed by atoms with Crippen molar-refractivity contribution in [1.82, 2.24) is 0 Å². The fourth-order valence-electron chi connectivity index (χ4n) is 1.25. The van der Waals surface area contributed by atoms with Crippen molar-refractivity contribution in [1.29, 1.82) is 0 Å². The Balaban J connectivity index is 2.49. The van der Waals surface area contributed by atoms with E-state index in [1.54, 1.807) is 11.8 Å². The van der Waals surface area contributed by atoms with Crippen molar-refractivity contribution in [2.45, 2.75) is 10.9 Å². The summed E-state index contributed by atoms with van der Waals surface area (Å²) in [6, 6.07) is 7.29. The molecule has 1 unspecified atom stereocenters. The van der Waals surface area contributed by atoms with Crippen LogP contribution in [0.4, 0.5) is 0 Å². The van der Waals surface area contributed by atoms with Crippen molar-refractivity contribution in [2.24, 2.45) is 5.73 Å². The van der Waals surface area contributed by atoms with Crippen LogP contribution in [0, 0.1) is 0 Å². The zero-order valence-electron chi connectivity index (χ0n) is 6.49. The lowest BCUT2D eigenvalue weighted by Gasteiger charge is -2.18. The zero-order chi connectivity index (χ0) is 8.55. The predicted molar refractivity (Wildman–Crippen MR) is 49.5 cm³/mol. The Hall–Kier alpha value is -0.800. The van der Waals surface area contributed by atoms with E-state index in [9.17, 15) is 4.79 Å². The van der Waals surface area contributed by atoms with Crippen molar-refractivity contribution in [3.63, 3.8) is 0 Å². The van der Waals surface area contributed by atoms with Crippen LogP contribution in [-0.4, -0.2) is 17.6 Å². The van der Waals surface area contributed by atoms with E-state index in [1.807, 2.05) is 24.3 Å². The average Bonchev–Trinajstić information content (AvgIpc) is 2.12. The Kier molecular flexibility index (Phi) is 1.90. The first-order chi connectivity index (χ1) is 5.79. The molecule has 1 aliphatic heterocycles. The fourth-order valence-corrected chi connectivity index (χ4v) is 2.26. The monoisotopic (exact) mass is 179 g/mol. The third-order valence-corrected chi connectivity index (χ3v) is 3.10. The zero-order valence-corrected chi connectivity index (χ0v) is 7.30. The van der Waals surface area contributed by atoms with E-state index in [1.165, 1.54) is 0 Å². The van der Waals surface area contributed by atoms with Gasteiger partial charge < -0.3 is 5.73 Å². The van der Waals surface area contributed by atoms with Crippen LogP contribution in [0.1, 0.15) is 10.4 Å². The second-order valence-electron chi connectivity index (χ2n) is 2.78. The van der Waals surface area contributed by atoms with E-state index in [-0.39, 0.29) is 11.8 Å². The molecular formula is C9H9NOS. The van der Waals surface area contributed by atoms with E-state index in [0.717, 1.165) is 10.5 Å². The molecule has 0 amide bonds. The molecule has 3 heteroatoms. The van der Waals surface area contributed by atoms with E-state index in [0.29, 0.717) is 5.75 Å². The Morgan fingerprint density at radius 1 is 1.42 bits per heavy atom. The molecule has 0 spiro atoms. The number of nitrogens with two attached hydrogens (primary N) is 1. The number of hydrogen-bond acceptors (Lipinski definition) is 3. The smallest absolute Gasteiger partial charge is 0.181 e. The van der Waals surface area contributed by atoms with Gasteiger partial charge in [0.25, 0.3) is 0 Å². The minimum Gasteiger partial charge on any atom is -0.321 e. The largest absolute Gasteiger partial charge is 0.321 e. The third kappa shape index (κ3) is 1.15. The molecule has 1 aromatic rings. The highest BCUT2D eigenvalue weighted by Crippen LogP contribution is 2.28. The van der Waals surface area contributed by atoms with Gasteiger partial charge in [0.1, 0.15) is 0 Å². The van der Waals surface area contributed by atoms with E-state index in [2.05, 4.69) is 0 Å². The molecule has 12 heavy (non-hydrogen) atoms. The maximum atomic E-state index is 11.5. The molecule has 0 aromatic heterocycles. The topological polar surface area (TPSA) is 43.1 Å². The quantitative estimate of drug-likeness (QED) is 0.653. The van der Waals surface area contributed by atoms with Gasteiger partial charge in [-0.15, -0.1) is 11.8 Å². The van der Waals surface area contributed by atoms with Gasteiger partial charge in [0.15, 0.2) is 5.78 Å². The Morgan fingerprint density at radius 2 is 2.17 bits per heavy atom. The summed E-state index contributed by atoms with van der Waals surface area (Å²) >= 11 is 1.65. The number of Topliss-reactive ketones (excluding diaryl/α,β-unsaturated/α-hetero) is 1. The molecule has 0 saturated heterocycles. The van der Waals surface area contributed by atoms with Crippen LogP contribution in [0.2, 0.25) is 0 Å². The Bertz CT molecular complexity index is 324. The summed E-state index contributed by atoms with van der Waals surface area (Å²) < 4.78 is 0. The van der Waals surface area contributed by atoms with Gasteiger partial charge in [0, 0.05) is 16.2 Å². The number of carbonyl (C=O) groups excluding carboxylic acids is 1. The molecule has 0 saturated carbocycles. The normalized spacial score (nSPS) is 22.1. The number of fused-ring (bicyclic) bond motifs is 1. The van der Waals surface area contributed by atoms with Crippen molar-refractivity contribution >= 4 is 17.5 Å². The highest BCUT2D eigenvalue weighted by atomic mass is 32.2. The average molecular weight is 179 g/mol. The first kappa shape index (κ1) is 7.83. The lowest BCUT2D eigenvalue weighted by molar-refractivity contribution is 0.0964. The second kappa shape index (κ2) is 2.92. The van der Waals surface area contributed by atoms with Crippen molar-refractivity contribution in [2.75, 3.05) is 5.75 Å². The standard InChI is InChI=1S/C9H9NOS/c10-7-5-12-8-4-2-1-3-6(8)9(7)11/h1-4,7H,5,10H2. The minimum atomic E-state index is -0.315. The molecule has 1 atom stereocenters. The molecule has 2 nitrogen and oxygen atoms in total. The van der Waals surface area contributed by atoms with Crippen molar-refractivity contribution < 1.29 is 4.79 Å². The molecule has 0 radical (unpaired) electrons. The number of hydrogen-bond donors (Lipinski definition) is 1. The lowest BCUT2D eigenvalue weighted by Crippen LogP contribution is -2.35. The molecule has 1 aromatic carbocycles. The molecule has 0 fully saturated rings. The van der Waals surface area contributed by atoms with E-state index >= 15 is 0 Å². The number of rotatable bonds is 0. The van der Waals surface area contributed by atoms with Gasteiger partial charge in [0.2, 0.25) is 0 Å². The predicted octanol–water partition coefficient (Wildman–Crippen LogP) is 1.30. The lowest BCUT2D eigenvalue weighted by atomic mass is 10.1. The molecule has 2 N–H and O–H groups in total. The molecule has 0 bridgehead atoms. The number of ketones is 1. The maximum Gasteiger partial charge on any atom is 0.181 e. The van der Waals surface area contributed by atoms with Gasteiger partial charge >= 0.3 is 0 Å². The summed E-state index contributed by atoms with van der Waals surface area (Å²) in [5, 5.41) is 0. The summed E-state index contributed by atoms with van der Waals surface area (Å²) in [6.07, 6.45) is 0. The van der Waals surface area contributed by atoms with Gasteiger partial charge in [-0.05, 0) is 6.07 Å². The Labute approximate surface area is 75.1 Å². The Morgan fingerprint density at radius 3 is 3.00 bits per heavy atom. The number of carbonyl (C=O) groups is 1. The SMILES string of the molecule is NC1CSc2ccccc2C1=O. The first-order valence-electron chi connectivity index (χ1n) is 3.80. The van der Waals surface area contributed by atoms with Crippen LogP contribution in [0.5, 0.6) is 0 Å². The summed E-state index contributed by atoms with van der Waals surface area (Å²) in [5.74, 6) is 0.778. The highest BCUT2D eigenvalue weighted by Gasteiger charge is 2.23. The van der Waals surface area contributed by atoms with Gasteiger partial charge in [-0.1, -0.05) is 18.2 Å². The summed E-state index contributed by atoms with van der Waals surface area (Å²) in [7, 11) is 0. The summed E-state index contributed by atoms with van der Waals surface area (Å²) in [6.45, 7) is 0. The van der Waals surface area contributed by atoms with E-state index in [4.69, 9.17) is 5.73 Å². The fraction of sp³-hybridized carbons (Fsp3) is 0.222. The molecule has 0 aliphatic carbocycles. The van der Waals surface area contributed by atoms with Crippen LogP contribution in [0.3, 0.4) is 0 Å². The molecule has 1 heterocycles. The molecule has 1 aliphatic rings. The maximum absolute atomic E-state index is 11.5. The van der Waals surface area contributed by atoms with Gasteiger partial charge in [-0.25, -0.2) is 0 Å². The minimum absolute atomic E-state index is 0.0735. The number of thioether (sulfide) groups is 1. The summed E-state index contributed by atoms with van der Waals surface area (Å²) in [5.41, 5.74) is 6.40. The molecular weight excluding hydrogens is 170 g/mol. The number of benzene rings is 1. The molecule has 2 rings (SSSR count). The van der Waals surface area contributed by atoms with Gasteiger partial charge in [-0.2, -0.15) is 0 Å². The van der Waals surface area contributed by atoms with Crippen LogP contribution >= 0.6 is 11.8 Å². The van der Waals surface area contributed by atoms with Crippen LogP contribution in [-0.2, 0) is 0 Å². The van der Waals surface area contributed by atoms with Crippen molar-refractivity contribution in [3.8, 4) is 0 Å².